The van der Waals surface area contributed by atoms with Gasteiger partial charge in [0.05, 0.1) is 7.11 Å². The summed E-state index contributed by atoms with van der Waals surface area (Å²) in [7, 11) is 1.17. The van der Waals surface area contributed by atoms with E-state index in [0.29, 0.717) is 5.56 Å². The second-order valence-electron chi connectivity index (χ2n) is 2.52. The molecule has 1 aromatic rings. The standard InChI is InChI=1S/C8H9NO4/c1-4-3-9-5(8(12)13-2)7(11)6(4)10/h3,11H,1-2H3,(H,9,10). The van der Waals surface area contributed by atoms with E-state index >= 15 is 0 Å². The van der Waals surface area contributed by atoms with E-state index in [-0.39, 0.29) is 5.69 Å². The smallest absolute Gasteiger partial charge is 0.358 e. The fraction of sp³-hybridized carbons (Fsp3) is 0.250. The molecule has 0 saturated heterocycles. The Labute approximate surface area is 74.0 Å². The molecule has 0 saturated carbocycles. The molecule has 5 nitrogen and oxygen atoms in total. The lowest BCUT2D eigenvalue weighted by atomic mass is 10.2. The number of aromatic hydroxyl groups is 1. The zero-order valence-electron chi connectivity index (χ0n) is 7.25. The van der Waals surface area contributed by atoms with Crippen molar-refractivity contribution >= 4 is 5.97 Å². The Bertz CT molecular complexity index is 394. The van der Waals surface area contributed by atoms with Crippen LogP contribution in [0, 0.1) is 6.92 Å². The molecule has 1 rings (SSSR count). The molecular formula is C8H9NO4. The number of hydrogen-bond donors (Lipinski definition) is 2. The van der Waals surface area contributed by atoms with Crippen LogP contribution in [0.3, 0.4) is 0 Å². The van der Waals surface area contributed by atoms with Crippen LogP contribution in [0.2, 0.25) is 0 Å². The average Bonchev–Trinajstić information content (AvgIpc) is 2.13. The summed E-state index contributed by atoms with van der Waals surface area (Å²) < 4.78 is 4.34. The first kappa shape index (κ1) is 9.31. The van der Waals surface area contributed by atoms with Crippen molar-refractivity contribution in [2.45, 2.75) is 6.92 Å². The summed E-state index contributed by atoms with van der Waals surface area (Å²) in [5.41, 5.74) is -0.456. The van der Waals surface area contributed by atoms with Gasteiger partial charge in [-0.25, -0.2) is 4.79 Å². The number of methoxy groups -OCH3 is 1. The van der Waals surface area contributed by atoms with Crippen molar-refractivity contribution in [3.63, 3.8) is 0 Å². The number of ether oxygens (including phenoxy) is 1. The molecule has 0 aliphatic rings. The third-order valence-electron chi connectivity index (χ3n) is 1.63. The number of esters is 1. The lowest BCUT2D eigenvalue weighted by molar-refractivity contribution is 0.0590. The Hall–Kier alpha value is -1.78. The van der Waals surface area contributed by atoms with Gasteiger partial charge in [0.2, 0.25) is 5.43 Å². The lowest BCUT2D eigenvalue weighted by Crippen LogP contribution is -2.13. The molecule has 2 N–H and O–H groups in total. The second-order valence-corrected chi connectivity index (χ2v) is 2.52. The first-order valence-electron chi connectivity index (χ1n) is 3.57. The molecule has 13 heavy (non-hydrogen) atoms. The summed E-state index contributed by atoms with van der Waals surface area (Å²) in [6.07, 6.45) is 1.34. The number of nitrogens with one attached hydrogen (secondary N) is 1. The molecule has 0 atom stereocenters. The average molecular weight is 183 g/mol. The largest absolute Gasteiger partial charge is 0.502 e. The van der Waals surface area contributed by atoms with Gasteiger partial charge in [-0.05, 0) is 6.92 Å². The van der Waals surface area contributed by atoms with E-state index in [4.69, 9.17) is 0 Å². The minimum Gasteiger partial charge on any atom is -0.502 e. The third kappa shape index (κ3) is 1.53. The summed E-state index contributed by atoms with van der Waals surface area (Å²) >= 11 is 0. The summed E-state index contributed by atoms with van der Waals surface area (Å²) in [6, 6.07) is 0. The number of pyridine rings is 1. The molecule has 1 heterocycles. The van der Waals surface area contributed by atoms with Crippen LogP contribution >= 0.6 is 0 Å². The molecule has 0 bridgehead atoms. The summed E-state index contributed by atoms with van der Waals surface area (Å²) in [4.78, 5) is 24.5. The van der Waals surface area contributed by atoms with Gasteiger partial charge in [0, 0.05) is 11.8 Å². The number of aromatic amines is 1. The predicted octanol–water partition coefficient (Wildman–Crippen LogP) is 0.176. The maximum absolute atomic E-state index is 11.1. The monoisotopic (exact) mass is 183 g/mol. The highest BCUT2D eigenvalue weighted by Gasteiger charge is 2.15. The number of carbonyl (C=O) groups excluding carboxylic acids is 1. The van der Waals surface area contributed by atoms with Crippen LogP contribution in [0.4, 0.5) is 0 Å². The Balaban J connectivity index is 3.35. The van der Waals surface area contributed by atoms with Gasteiger partial charge in [-0.15, -0.1) is 0 Å². The van der Waals surface area contributed by atoms with Gasteiger partial charge in [0.15, 0.2) is 11.4 Å². The maximum Gasteiger partial charge on any atom is 0.358 e. The van der Waals surface area contributed by atoms with Crippen molar-refractivity contribution in [2.24, 2.45) is 0 Å². The number of rotatable bonds is 1. The number of hydrogen-bond acceptors (Lipinski definition) is 4. The lowest BCUT2D eigenvalue weighted by Gasteiger charge is -2.01. The second kappa shape index (κ2) is 3.30. The van der Waals surface area contributed by atoms with Crippen LogP contribution in [-0.4, -0.2) is 23.2 Å². The highest BCUT2D eigenvalue weighted by atomic mass is 16.5. The van der Waals surface area contributed by atoms with Gasteiger partial charge >= 0.3 is 5.97 Å². The molecule has 1 aromatic heterocycles. The van der Waals surface area contributed by atoms with Crippen molar-refractivity contribution in [3.05, 3.63) is 27.7 Å². The van der Waals surface area contributed by atoms with Crippen molar-refractivity contribution < 1.29 is 14.6 Å². The van der Waals surface area contributed by atoms with Crippen molar-refractivity contribution in [3.8, 4) is 5.75 Å². The molecule has 0 aromatic carbocycles. The van der Waals surface area contributed by atoms with Crippen molar-refractivity contribution in [1.29, 1.82) is 0 Å². The van der Waals surface area contributed by atoms with Gasteiger partial charge in [-0.1, -0.05) is 0 Å². The topological polar surface area (TPSA) is 79.4 Å². The fourth-order valence-corrected chi connectivity index (χ4v) is 0.872. The quantitative estimate of drug-likeness (QED) is 0.608. The molecule has 5 heteroatoms. The van der Waals surface area contributed by atoms with Crippen LogP contribution in [-0.2, 0) is 4.74 Å². The SMILES string of the molecule is COC(=O)c1[nH]cc(C)c(=O)c1O. The number of H-pyrrole nitrogens is 1. The van der Waals surface area contributed by atoms with E-state index < -0.39 is 17.1 Å². The van der Waals surface area contributed by atoms with E-state index in [2.05, 4.69) is 9.72 Å². The zero-order valence-corrected chi connectivity index (χ0v) is 7.25. The van der Waals surface area contributed by atoms with Crippen molar-refractivity contribution in [2.75, 3.05) is 7.11 Å². The van der Waals surface area contributed by atoms with E-state index in [1.807, 2.05) is 0 Å². The predicted molar refractivity (Wildman–Crippen MR) is 44.8 cm³/mol. The van der Waals surface area contributed by atoms with Gasteiger partial charge in [-0.2, -0.15) is 0 Å². The van der Waals surface area contributed by atoms with E-state index in [1.165, 1.54) is 20.2 Å². The Morgan fingerprint density at radius 2 is 2.23 bits per heavy atom. The van der Waals surface area contributed by atoms with Gasteiger partial charge in [-0.3, -0.25) is 4.79 Å². The number of aromatic nitrogens is 1. The molecule has 0 fully saturated rings. The van der Waals surface area contributed by atoms with E-state index in [0.717, 1.165) is 0 Å². The molecule has 70 valence electrons. The summed E-state index contributed by atoms with van der Waals surface area (Å²) in [5, 5.41) is 9.24. The minimum absolute atomic E-state index is 0.224. The Morgan fingerprint density at radius 1 is 1.62 bits per heavy atom. The van der Waals surface area contributed by atoms with Crippen LogP contribution in [0.5, 0.6) is 5.75 Å². The first-order valence-corrected chi connectivity index (χ1v) is 3.57. The molecule has 0 radical (unpaired) electrons. The van der Waals surface area contributed by atoms with Crippen LogP contribution < -0.4 is 5.43 Å². The Kier molecular flexibility index (Phi) is 2.36. The van der Waals surface area contributed by atoms with Gasteiger partial charge in [0.25, 0.3) is 0 Å². The third-order valence-corrected chi connectivity index (χ3v) is 1.63. The summed E-state index contributed by atoms with van der Waals surface area (Å²) in [6.45, 7) is 1.53. The van der Waals surface area contributed by atoms with Gasteiger partial charge in [0.1, 0.15) is 0 Å². The molecule has 0 aliphatic carbocycles. The molecule has 0 aliphatic heterocycles. The molecule has 0 amide bonds. The van der Waals surface area contributed by atoms with Crippen LogP contribution in [0.1, 0.15) is 16.1 Å². The normalized spacial score (nSPS) is 9.69. The summed E-state index contributed by atoms with van der Waals surface area (Å²) in [5.74, 6) is -1.37. The van der Waals surface area contributed by atoms with Gasteiger partial charge < -0.3 is 14.8 Å². The van der Waals surface area contributed by atoms with Crippen LogP contribution in [0.25, 0.3) is 0 Å². The highest BCUT2D eigenvalue weighted by Crippen LogP contribution is 2.09. The highest BCUT2D eigenvalue weighted by molar-refractivity contribution is 5.89. The fourth-order valence-electron chi connectivity index (χ4n) is 0.872. The molecule has 0 spiro atoms. The molecular weight excluding hydrogens is 174 g/mol. The minimum atomic E-state index is -0.769. The van der Waals surface area contributed by atoms with Crippen molar-refractivity contribution in [1.82, 2.24) is 4.98 Å². The van der Waals surface area contributed by atoms with E-state index in [1.54, 1.807) is 0 Å². The number of aryl methyl sites for hydroxylation is 1. The van der Waals surface area contributed by atoms with Crippen LogP contribution in [0.15, 0.2) is 11.0 Å². The number of carbonyl (C=O) groups is 1. The zero-order chi connectivity index (χ0) is 10.0. The molecule has 0 unspecified atom stereocenters. The van der Waals surface area contributed by atoms with E-state index in [9.17, 15) is 14.7 Å². The Morgan fingerprint density at radius 3 is 2.77 bits per heavy atom. The first-order chi connectivity index (χ1) is 6.07. The maximum atomic E-state index is 11.1.